The Morgan fingerprint density at radius 3 is 2.83 bits per heavy atom. The van der Waals surface area contributed by atoms with Crippen molar-refractivity contribution in [2.24, 2.45) is 0 Å². The van der Waals surface area contributed by atoms with Crippen LogP contribution in [0.3, 0.4) is 0 Å². The zero-order valence-electron chi connectivity index (χ0n) is 13.4. The average molecular weight is 322 g/mol. The first kappa shape index (κ1) is 15.8. The number of nitrogens with one attached hydrogen (secondary N) is 1. The molecule has 1 aromatic heterocycles. The van der Waals surface area contributed by atoms with Crippen molar-refractivity contribution in [2.75, 3.05) is 18.5 Å². The molecule has 0 fully saturated rings. The van der Waals surface area contributed by atoms with Gasteiger partial charge in [0.1, 0.15) is 11.5 Å². The molecule has 1 amide bonds. The molecule has 3 rings (SSSR count). The van der Waals surface area contributed by atoms with E-state index in [4.69, 9.17) is 9.47 Å². The lowest BCUT2D eigenvalue weighted by molar-refractivity contribution is -0.118. The second-order valence-electron chi connectivity index (χ2n) is 5.12. The molecule has 0 atom stereocenters. The lowest BCUT2D eigenvalue weighted by Gasteiger charge is -2.12. The Morgan fingerprint density at radius 2 is 1.96 bits per heavy atom. The molecule has 0 unspecified atom stereocenters. The van der Waals surface area contributed by atoms with E-state index >= 15 is 0 Å². The third-order valence-electron chi connectivity index (χ3n) is 3.41. The fraction of sp³-hybridized carbons (Fsp3) is 0.158. The van der Waals surface area contributed by atoms with Gasteiger partial charge in [-0.3, -0.25) is 9.78 Å². The number of hydrogen-bond acceptors (Lipinski definition) is 4. The molecule has 0 aliphatic heterocycles. The third-order valence-corrected chi connectivity index (χ3v) is 3.41. The second-order valence-corrected chi connectivity index (χ2v) is 5.12. The largest absolute Gasteiger partial charge is 0.492 e. The highest BCUT2D eigenvalue weighted by Gasteiger charge is 2.08. The third kappa shape index (κ3) is 3.81. The van der Waals surface area contributed by atoms with Gasteiger partial charge < -0.3 is 14.8 Å². The summed E-state index contributed by atoms with van der Waals surface area (Å²) in [5.74, 6) is 1.03. The van der Waals surface area contributed by atoms with Crippen molar-refractivity contribution in [3.63, 3.8) is 0 Å². The number of ether oxygens (including phenoxy) is 2. The summed E-state index contributed by atoms with van der Waals surface area (Å²) in [6.07, 6.45) is 1.74. The molecule has 5 nitrogen and oxygen atoms in total. The van der Waals surface area contributed by atoms with Gasteiger partial charge in [0.05, 0.1) is 17.8 Å². The Bertz CT molecular complexity index is 849. The van der Waals surface area contributed by atoms with Crippen LogP contribution in [0.1, 0.15) is 6.92 Å². The van der Waals surface area contributed by atoms with Gasteiger partial charge in [0.15, 0.2) is 6.61 Å². The van der Waals surface area contributed by atoms with Crippen LogP contribution in [0.15, 0.2) is 60.8 Å². The van der Waals surface area contributed by atoms with E-state index in [9.17, 15) is 4.79 Å². The van der Waals surface area contributed by atoms with Crippen molar-refractivity contribution >= 4 is 22.5 Å². The van der Waals surface area contributed by atoms with Crippen LogP contribution in [0.5, 0.6) is 11.5 Å². The number of benzene rings is 2. The number of amides is 1. The predicted octanol–water partition coefficient (Wildman–Crippen LogP) is 3.65. The molecule has 0 spiro atoms. The number of fused-ring (bicyclic) bond motifs is 1. The van der Waals surface area contributed by atoms with Crippen molar-refractivity contribution in [1.82, 2.24) is 4.98 Å². The molecular weight excluding hydrogens is 304 g/mol. The summed E-state index contributed by atoms with van der Waals surface area (Å²) in [6.45, 7) is 2.36. The number of carbonyl (C=O) groups excluding carboxylic acids is 1. The summed E-state index contributed by atoms with van der Waals surface area (Å²) in [4.78, 5) is 16.4. The van der Waals surface area contributed by atoms with Gasteiger partial charge in [-0.1, -0.05) is 18.2 Å². The standard InChI is InChI=1S/C19H18N2O3/c1-2-23-18-8-4-3-7-17(18)21-19(22)13-24-15-9-10-16-14(12-15)6-5-11-20-16/h3-12H,2,13H2,1H3,(H,21,22). The maximum Gasteiger partial charge on any atom is 0.262 e. The molecule has 5 heteroatoms. The quantitative estimate of drug-likeness (QED) is 0.752. The molecule has 0 aliphatic carbocycles. The van der Waals surface area contributed by atoms with Gasteiger partial charge in [0, 0.05) is 11.6 Å². The second kappa shape index (κ2) is 7.46. The molecule has 0 aliphatic rings. The van der Waals surface area contributed by atoms with Crippen LogP contribution >= 0.6 is 0 Å². The minimum Gasteiger partial charge on any atom is -0.492 e. The van der Waals surface area contributed by atoms with Crippen molar-refractivity contribution in [3.8, 4) is 11.5 Å². The zero-order valence-corrected chi connectivity index (χ0v) is 13.4. The Balaban J connectivity index is 1.62. The highest BCUT2D eigenvalue weighted by Crippen LogP contribution is 2.24. The first-order valence-electron chi connectivity index (χ1n) is 7.75. The molecule has 0 saturated heterocycles. The average Bonchev–Trinajstić information content (AvgIpc) is 2.62. The molecule has 0 saturated carbocycles. The van der Waals surface area contributed by atoms with Crippen LogP contribution in [-0.4, -0.2) is 24.1 Å². The highest BCUT2D eigenvalue weighted by molar-refractivity contribution is 5.93. The molecule has 1 heterocycles. The molecule has 2 aromatic carbocycles. The summed E-state index contributed by atoms with van der Waals surface area (Å²) in [5.41, 5.74) is 1.52. The fourth-order valence-electron chi connectivity index (χ4n) is 2.33. The summed E-state index contributed by atoms with van der Waals surface area (Å²) in [5, 5.41) is 3.77. The van der Waals surface area contributed by atoms with Crippen LogP contribution in [0.4, 0.5) is 5.69 Å². The van der Waals surface area contributed by atoms with E-state index in [0.717, 1.165) is 10.9 Å². The number of hydrogen-bond donors (Lipinski definition) is 1. The molecule has 122 valence electrons. The first-order chi connectivity index (χ1) is 11.8. The summed E-state index contributed by atoms with van der Waals surface area (Å²) in [7, 11) is 0. The minimum atomic E-state index is -0.242. The van der Waals surface area contributed by atoms with Crippen LogP contribution in [-0.2, 0) is 4.79 Å². The van der Waals surface area contributed by atoms with Gasteiger partial charge in [-0.05, 0) is 43.3 Å². The Morgan fingerprint density at radius 1 is 1.08 bits per heavy atom. The predicted molar refractivity (Wildman–Crippen MR) is 93.5 cm³/mol. The topological polar surface area (TPSA) is 60.5 Å². The van der Waals surface area contributed by atoms with E-state index in [2.05, 4.69) is 10.3 Å². The zero-order chi connectivity index (χ0) is 16.8. The molecule has 3 aromatic rings. The Labute approximate surface area is 140 Å². The maximum absolute atomic E-state index is 12.1. The number of aromatic nitrogens is 1. The SMILES string of the molecule is CCOc1ccccc1NC(=O)COc1ccc2ncccc2c1. The fourth-order valence-corrected chi connectivity index (χ4v) is 2.33. The summed E-state index contributed by atoms with van der Waals surface area (Å²) in [6, 6.07) is 16.7. The van der Waals surface area contributed by atoms with Crippen LogP contribution in [0.25, 0.3) is 10.9 Å². The minimum absolute atomic E-state index is 0.0772. The van der Waals surface area contributed by atoms with E-state index in [1.165, 1.54) is 0 Å². The van der Waals surface area contributed by atoms with Gasteiger partial charge >= 0.3 is 0 Å². The van der Waals surface area contributed by atoms with E-state index in [-0.39, 0.29) is 12.5 Å². The smallest absolute Gasteiger partial charge is 0.262 e. The summed E-state index contributed by atoms with van der Waals surface area (Å²) >= 11 is 0. The van der Waals surface area contributed by atoms with Gasteiger partial charge in [-0.15, -0.1) is 0 Å². The number of para-hydroxylation sites is 2. The highest BCUT2D eigenvalue weighted by atomic mass is 16.5. The van der Waals surface area contributed by atoms with Crippen LogP contribution in [0.2, 0.25) is 0 Å². The van der Waals surface area contributed by atoms with Crippen molar-refractivity contribution < 1.29 is 14.3 Å². The normalized spacial score (nSPS) is 10.4. The summed E-state index contributed by atoms with van der Waals surface area (Å²) < 4.78 is 11.1. The van der Waals surface area contributed by atoms with Gasteiger partial charge in [0.2, 0.25) is 0 Å². The monoisotopic (exact) mass is 322 g/mol. The first-order valence-corrected chi connectivity index (χ1v) is 7.75. The van der Waals surface area contributed by atoms with Crippen LogP contribution in [0, 0.1) is 0 Å². The molecule has 0 bridgehead atoms. The molecule has 24 heavy (non-hydrogen) atoms. The van der Waals surface area contributed by atoms with Crippen molar-refractivity contribution in [2.45, 2.75) is 6.92 Å². The Kier molecular flexibility index (Phi) is 4.91. The maximum atomic E-state index is 12.1. The Hall–Kier alpha value is -3.08. The van der Waals surface area contributed by atoms with E-state index in [1.807, 2.05) is 49.4 Å². The molecular formula is C19H18N2O3. The van der Waals surface area contributed by atoms with Crippen molar-refractivity contribution in [3.05, 3.63) is 60.8 Å². The number of rotatable bonds is 6. The van der Waals surface area contributed by atoms with E-state index < -0.39 is 0 Å². The van der Waals surface area contributed by atoms with Gasteiger partial charge in [-0.2, -0.15) is 0 Å². The van der Waals surface area contributed by atoms with Gasteiger partial charge in [-0.25, -0.2) is 0 Å². The van der Waals surface area contributed by atoms with Gasteiger partial charge in [0.25, 0.3) is 5.91 Å². The number of carbonyl (C=O) groups is 1. The molecule has 0 radical (unpaired) electrons. The lowest BCUT2D eigenvalue weighted by atomic mass is 10.2. The van der Waals surface area contributed by atoms with E-state index in [1.54, 1.807) is 18.3 Å². The molecule has 1 N–H and O–H groups in total. The van der Waals surface area contributed by atoms with Crippen molar-refractivity contribution in [1.29, 1.82) is 0 Å². The number of pyridine rings is 1. The van der Waals surface area contributed by atoms with Crippen LogP contribution < -0.4 is 14.8 Å². The number of anilines is 1. The lowest BCUT2D eigenvalue weighted by Crippen LogP contribution is -2.20. The number of nitrogens with zero attached hydrogens (tertiary/aromatic N) is 1. The van der Waals surface area contributed by atoms with E-state index in [0.29, 0.717) is 23.8 Å².